The predicted octanol–water partition coefficient (Wildman–Crippen LogP) is 6.85. The molecule has 32 heavy (non-hydrogen) atoms. The fourth-order valence-corrected chi connectivity index (χ4v) is 5.00. The zero-order valence-electron chi connectivity index (χ0n) is 16.5. The van der Waals surface area contributed by atoms with Crippen LogP contribution in [0.5, 0.6) is 0 Å². The van der Waals surface area contributed by atoms with E-state index in [0.29, 0.717) is 15.4 Å². The molecule has 8 heteroatoms. The maximum absolute atomic E-state index is 12.7. The molecule has 5 aromatic rings. The summed E-state index contributed by atoms with van der Waals surface area (Å²) in [5.74, 6) is -0.283. The Morgan fingerprint density at radius 2 is 1.62 bits per heavy atom. The first-order valence-corrected chi connectivity index (χ1v) is 11.4. The lowest BCUT2D eigenvalue weighted by atomic mass is 10.0. The van der Waals surface area contributed by atoms with Gasteiger partial charge in [0.05, 0.1) is 15.5 Å². The molecule has 0 spiro atoms. The predicted molar refractivity (Wildman–Crippen MR) is 129 cm³/mol. The summed E-state index contributed by atoms with van der Waals surface area (Å²) in [4.78, 5) is 28.2. The second-order valence-corrected chi connectivity index (χ2v) is 8.97. The number of benzene rings is 3. The smallest absolute Gasteiger partial charge is 0.270 e. The Morgan fingerprint density at radius 1 is 0.906 bits per heavy atom. The van der Waals surface area contributed by atoms with Crippen LogP contribution in [0.3, 0.4) is 0 Å². The van der Waals surface area contributed by atoms with Crippen molar-refractivity contribution < 1.29 is 9.72 Å². The summed E-state index contributed by atoms with van der Waals surface area (Å²) < 4.78 is 0.819. The molecule has 0 aliphatic carbocycles. The van der Waals surface area contributed by atoms with E-state index in [0.717, 1.165) is 27.1 Å². The number of hydrogen-bond acceptors (Lipinski definition) is 6. The summed E-state index contributed by atoms with van der Waals surface area (Å²) in [6, 6.07) is 24.5. The molecule has 0 atom stereocenters. The number of anilines is 1. The zero-order valence-corrected chi connectivity index (χ0v) is 18.2. The third-order valence-corrected chi connectivity index (χ3v) is 6.82. The average molecular weight is 458 g/mol. The van der Waals surface area contributed by atoms with Crippen LogP contribution in [-0.4, -0.2) is 15.8 Å². The maximum Gasteiger partial charge on any atom is 0.270 e. The highest BCUT2D eigenvalue weighted by atomic mass is 32.1. The van der Waals surface area contributed by atoms with Gasteiger partial charge in [0.2, 0.25) is 0 Å². The van der Waals surface area contributed by atoms with Crippen molar-refractivity contribution in [1.82, 2.24) is 4.98 Å². The molecule has 0 fully saturated rings. The molecular formula is C24H15N3O3S2. The first kappa shape index (κ1) is 20.0. The molecule has 0 radical (unpaired) electrons. The van der Waals surface area contributed by atoms with Crippen LogP contribution in [0.4, 0.5) is 10.8 Å². The molecule has 0 aliphatic heterocycles. The molecule has 6 nitrogen and oxygen atoms in total. The van der Waals surface area contributed by atoms with Gasteiger partial charge in [-0.3, -0.25) is 20.2 Å². The summed E-state index contributed by atoms with van der Waals surface area (Å²) in [5, 5.41) is 16.9. The van der Waals surface area contributed by atoms with E-state index < -0.39 is 4.92 Å². The van der Waals surface area contributed by atoms with Crippen LogP contribution in [0.25, 0.3) is 32.5 Å². The molecule has 0 bridgehead atoms. The zero-order chi connectivity index (χ0) is 22.1. The van der Waals surface area contributed by atoms with Crippen molar-refractivity contribution in [2.75, 3.05) is 5.32 Å². The van der Waals surface area contributed by atoms with Crippen molar-refractivity contribution in [1.29, 1.82) is 0 Å². The summed E-state index contributed by atoms with van der Waals surface area (Å²) in [6.07, 6.45) is 0. The maximum atomic E-state index is 12.7. The molecular weight excluding hydrogens is 442 g/mol. The number of rotatable bonds is 5. The number of thiazole rings is 1. The molecule has 1 amide bonds. The number of aromatic nitrogens is 1. The molecule has 156 valence electrons. The molecule has 0 unspecified atom stereocenters. The Labute approximate surface area is 191 Å². The normalized spacial score (nSPS) is 10.9. The highest BCUT2D eigenvalue weighted by molar-refractivity contribution is 7.21. The Bertz CT molecular complexity index is 1440. The van der Waals surface area contributed by atoms with E-state index in [1.807, 2.05) is 35.7 Å². The van der Waals surface area contributed by atoms with E-state index in [2.05, 4.69) is 34.6 Å². The quantitative estimate of drug-likeness (QED) is 0.231. The minimum Gasteiger partial charge on any atom is -0.297 e. The molecule has 3 aromatic carbocycles. The highest BCUT2D eigenvalue weighted by Gasteiger charge is 2.15. The molecule has 0 aliphatic rings. The third-order valence-electron chi connectivity index (χ3n) is 4.95. The van der Waals surface area contributed by atoms with Crippen LogP contribution in [0, 0.1) is 10.1 Å². The van der Waals surface area contributed by atoms with Gasteiger partial charge in [-0.25, -0.2) is 4.98 Å². The van der Waals surface area contributed by atoms with Crippen molar-refractivity contribution >= 4 is 49.5 Å². The lowest BCUT2D eigenvalue weighted by molar-refractivity contribution is -0.384. The van der Waals surface area contributed by atoms with Gasteiger partial charge in [0, 0.05) is 33.2 Å². The van der Waals surface area contributed by atoms with E-state index in [9.17, 15) is 14.9 Å². The number of non-ortho nitro benzene ring substituents is 1. The molecule has 0 saturated heterocycles. The number of carbonyl (C=O) groups excluding carboxylic acids is 1. The topological polar surface area (TPSA) is 85.1 Å². The average Bonchev–Trinajstić information content (AvgIpc) is 3.46. The largest absolute Gasteiger partial charge is 0.297 e. The Balaban J connectivity index is 1.32. The van der Waals surface area contributed by atoms with Gasteiger partial charge >= 0.3 is 0 Å². The van der Waals surface area contributed by atoms with Gasteiger partial charge in [0.25, 0.3) is 11.6 Å². The number of thiophene rings is 1. The summed E-state index contributed by atoms with van der Waals surface area (Å²) in [7, 11) is 0. The first-order chi connectivity index (χ1) is 15.6. The van der Waals surface area contributed by atoms with Crippen LogP contribution < -0.4 is 5.32 Å². The second-order valence-electron chi connectivity index (χ2n) is 7.03. The van der Waals surface area contributed by atoms with Crippen molar-refractivity contribution in [2.24, 2.45) is 0 Å². The summed E-state index contributed by atoms with van der Waals surface area (Å²) in [6.45, 7) is 0. The van der Waals surface area contributed by atoms with Gasteiger partial charge in [0.15, 0.2) is 5.13 Å². The standard InChI is InChI=1S/C24H15N3O3S2/c28-23(22-13-18-12-19(27(29)30)10-11-21(18)32-22)26-24-25-20(14-31-24)17-8-6-16(7-9-17)15-4-2-1-3-5-15/h1-14H,(H,25,26,28). The van der Waals surface area contributed by atoms with Crippen molar-refractivity contribution in [3.8, 4) is 22.4 Å². The highest BCUT2D eigenvalue weighted by Crippen LogP contribution is 2.31. The number of nitrogens with zero attached hydrogens (tertiary/aromatic N) is 2. The van der Waals surface area contributed by atoms with Gasteiger partial charge in [-0.15, -0.1) is 22.7 Å². The number of fused-ring (bicyclic) bond motifs is 1. The van der Waals surface area contributed by atoms with E-state index in [1.165, 1.54) is 34.8 Å². The SMILES string of the molecule is O=C(Nc1nc(-c2ccc(-c3ccccc3)cc2)cs1)c1cc2cc([N+](=O)[O-])ccc2s1. The van der Waals surface area contributed by atoms with Crippen LogP contribution in [-0.2, 0) is 0 Å². The second kappa shape index (κ2) is 8.33. The van der Waals surface area contributed by atoms with E-state index in [4.69, 9.17) is 0 Å². The van der Waals surface area contributed by atoms with Crippen LogP contribution in [0.2, 0.25) is 0 Å². The molecule has 2 heterocycles. The van der Waals surface area contributed by atoms with Gasteiger partial charge in [-0.1, -0.05) is 54.6 Å². The fourth-order valence-electron chi connectivity index (χ4n) is 3.34. The van der Waals surface area contributed by atoms with Crippen molar-refractivity contribution in [3.63, 3.8) is 0 Å². The Morgan fingerprint density at radius 3 is 2.38 bits per heavy atom. The number of carbonyl (C=O) groups is 1. The van der Waals surface area contributed by atoms with Gasteiger partial charge in [-0.2, -0.15) is 0 Å². The van der Waals surface area contributed by atoms with Gasteiger partial charge in [-0.05, 0) is 23.3 Å². The number of hydrogen-bond donors (Lipinski definition) is 1. The lowest BCUT2D eigenvalue weighted by Gasteiger charge is -2.03. The monoisotopic (exact) mass is 457 g/mol. The summed E-state index contributed by atoms with van der Waals surface area (Å²) in [5.41, 5.74) is 4.04. The number of nitro groups is 1. The van der Waals surface area contributed by atoms with Crippen LogP contribution in [0.15, 0.2) is 84.2 Å². The van der Waals surface area contributed by atoms with E-state index in [-0.39, 0.29) is 11.6 Å². The van der Waals surface area contributed by atoms with Crippen LogP contribution >= 0.6 is 22.7 Å². The van der Waals surface area contributed by atoms with Gasteiger partial charge < -0.3 is 0 Å². The number of amides is 1. The number of nitrogens with one attached hydrogen (secondary N) is 1. The number of nitro benzene ring substituents is 1. The van der Waals surface area contributed by atoms with Crippen LogP contribution in [0.1, 0.15) is 9.67 Å². The van der Waals surface area contributed by atoms with Gasteiger partial charge in [0.1, 0.15) is 0 Å². The fraction of sp³-hybridized carbons (Fsp3) is 0. The first-order valence-electron chi connectivity index (χ1n) is 9.67. The third kappa shape index (κ3) is 4.01. The summed E-state index contributed by atoms with van der Waals surface area (Å²) >= 11 is 2.64. The minimum atomic E-state index is -0.444. The molecule has 2 aromatic heterocycles. The lowest BCUT2D eigenvalue weighted by Crippen LogP contribution is -2.09. The Kier molecular flexibility index (Phi) is 5.22. The van der Waals surface area contributed by atoms with E-state index in [1.54, 1.807) is 12.1 Å². The molecule has 5 rings (SSSR count). The van der Waals surface area contributed by atoms with E-state index >= 15 is 0 Å². The van der Waals surface area contributed by atoms with Crippen molar-refractivity contribution in [2.45, 2.75) is 0 Å². The molecule has 1 N–H and O–H groups in total. The molecule has 0 saturated carbocycles. The van der Waals surface area contributed by atoms with Crippen molar-refractivity contribution in [3.05, 3.63) is 99.2 Å². The minimum absolute atomic E-state index is 0.00473. The Hall–Kier alpha value is -3.88.